The fourth-order valence-electron chi connectivity index (χ4n) is 8.50. The van der Waals surface area contributed by atoms with Crippen molar-refractivity contribution in [3.05, 3.63) is 326 Å². The molecular weight excluding hydrogens is 1150 g/mol. The van der Waals surface area contributed by atoms with Crippen LogP contribution >= 0.6 is 0 Å². The minimum atomic E-state index is 0.626. The molecule has 0 radical (unpaired) electrons. The average molecular weight is 1290 g/mol. The van der Waals surface area contributed by atoms with E-state index >= 15 is 0 Å². The smallest absolute Gasteiger partial charge is 0.0184 e. The summed E-state index contributed by atoms with van der Waals surface area (Å²) in [6.45, 7) is 50.4. The number of fused-ring (bicyclic) bond motifs is 6. The summed E-state index contributed by atoms with van der Waals surface area (Å²) in [6.07, 6.45) is 3.75. The predicted molar refractivity (Wildman–Crippen MR) is 448 cm³/mol. The van der Waals surface area contributed by atoms with E-state index in [-0.39, 0.29) is 0 Å². The molecule has 96 heavy (non-hydrogen) atoms. The minimum Gasteiger partial charge on any atom is -0.0683 e. The Labute approximate surface area is 590 Å². The molecule has 0 bridgehead atoms. The fraction of sp³-hybridized carbons (Fsp3) is 0.312. The molecule has 13 rings (SSSR count). The zero-order chi connectivity index (χ0) is 72.6. The van der Waals surface area contributed by atoms with Gasteiger partial charge in [-0.25, -0.2) is 0 Å². The van der Waals surface area contributed by atoms with Gasteiger partial charge in [0.25, 0.3) is 0 Å². The first-order valence-corrected chi connectivity index (χ1v) is 36.7. The molecule has 0 saturated carbocycles. The summed E-state index contributed by atoms with van der Waals surface area (Å²) in [5.74, 6) is 1.88. The molecule has 13 aromatic carbocycles. The molecule has 516 valence electrons. The van der Waals surface area contributed by atoms with E-state index in [1.807, 2.05) is 83.1 Å². The largest absolute Gasteiger partial charge is 0.0683 e. The van der Waals surface area contributed by atoms with Crippen molar-refractivity contribution < 1.29 is 0 Å². The first-order valence-electron chi connectivity index (χ1n) is 36.7. The van der Waals surface area contributed by atoms with Crippen LogP contribution in [-0.4, -0.2) is 0 Å². The third-order valence-electron chi connectivity index (χ3n) is 13.0. The van der Waals surface area contributed by atoms with Crippen molar-refractivity contribution in [1.82, 2.24) is 0 Å². The molecule has 0 atom stereocenters. The Balaban J connectivity index is -0.00000101. The molecular formula is C96H132. The molecule has 0 saturated heterocycles. The third kappa shape index (κ3) is 40.0. The number of hydrogen-bond acceptors (Lipinski definition) is 0. The molecule has 0 N–H and O–H groups in total. The van der Waals surface area contributed by atoms with Crippen molar-refractivity contribution in [3.63, 3.8) is 0 Å². The first-order chi connectivity index (χ1) is 47.0. The van der Waals surface area contributed by atoms with Gasteiger partial charge in [-0.1, -0.05) is 495 Å². The van der Waals surface area contributed by atoms with Crippen LogP contribution in [0.1, 0.15) is 220 Å². The molecule has 0 aliphatic rings. The summed E-state index contributed by atoms with van der Waals surface area (Å²) in [7, 11) is 0. The van der Waals surface area contributed by atoms with Crippen LogP contribution in [0.25, 0.3) is 64.6 Å². The van der Waals surface area contributed by atoms with Crippen molar-refractivity contribution in [3.8, 4) is 0 Å². The second-order valence-corrected chi connectivity index (χ2v) is 21.6. The van der Waals surface area contributed by atoms with Crippen LogP contribution in [0.15, 0.2) is 309 Å². The van der Waals surface area contributed by atoms with E-state index in [4.69, 9.17) is 0 Å². The van der Waals surface area contributed by atoms with Crippen molar-refractivity contribution in [2.24, 2.45) is 0 Å². The van der Waals surface area contributed by atoms with E-state index in [0.29, 0.717) is 17.8 Å². The summed E-state index contributed by atoms with van der Waals surface area (Å²) in [4.78, 5) is 0. The van der Waals surface area contributed by atoms with E-state index < -0.39 is 0 Å². The minimum absolute atomic E-state index is 0.626. The number of rotatable bonds is 3. The lowest BCUT2D eigenvalue weighted by molar-refractivity contribution is 0.804. The quantitative estimate of drug-likeness (QED) is 0.165. The van der Waals surface area contributed by atoms with Gasteiger partial charge in [0.2, 0.25) is 0 Å². The average Bonchev–Trinajstić information content (AvgIpc) is 1.27. The lowest BCUT2D eigenvalue weighted by Crippen LogP contribution is -1.98. The van der Waals surface area contributed by atoms with E-state index in [0.717, 1.165) is 0 Å². The SMILES string of the molecule is CC.CC.CC.CC.CC.CC.CC(C)c1cc(C(C)C)cc(C(C)C)c1.CCC.CCC.CCC.c1ccc2ccccc2c1.c1ccc2ccccc2c1.c1ccc2ccccc2c1.c1ccc2ccccc2c1.c1ccc2ccccc2c1.c1ccc2ccccc2c1. The zero-order valence-corrected chi connectivity index (χ0v) is 64.8. The summed E-state index contributed by atoms with van der Waals surface area (Å²) < 4.78 is 0. The van der Waals surface area contributed by atoms with E-state index in [1.54, 1.807) is 0 Å². The molecule has 0 spiro atoms. The molecule has 0 aliphatic carbocycles. The van der Waals surface area contributed by atoms with Gasteiger partial charge in [0.1, 0.15) is 0 Å². The van der Waals surface area contributed by atoms with Gasteiger partial charge in [-0.15, -0.1) is 0 Å². The van der Waals surface area contributed by atoms with Crippen LogP contribution in [0, 0.1) is 0 Å². The molecule has 0 amide bonds. The number of hydrogen-bond donors (Lipinski definition) is 0. The van der Waals surface area contributed by atoms with Gasteiger partial charge in [-0.05, 0) is 99.1 Å². The second-order valence-electron chi connectivity index (χ2n) is 21.6. The van der Waals surface area contributed by atoms with Crippen molar-refractivity contribution in [2.75, 3.05) is 0 Å². The monoisotopic (exact) mass is 1290 g/mol. The van der Waals surface area contributed by atoms with Gasteiger partial charge in [0, 0.05) is 0 Å². The lowest BCUT2D eigenvalue weighted by Gasteiger charge is -2.16. The molecule has 0 heteroatoms. The number of benzene rings is 13. The Morgan fingerprint density at radius 2 is 0.219 bits per heavy atom. The summed E-state index contributed by atoms with van der Waals surface area (Å²) in [6, 6.07) is 107. The fourth-order valence-corrected chi connectivity index (χ4v) is 8.50. The molecule has 0 nitrogen and oxygen atoms in total. The Hall–Kier alpha value is -8.58. The topological polar surface area (TPSA) is 0 Å². The van der Waals surface area contributed by atoms with Crippen LogP contribution in [-0.2, 0) is 0 Å². The Morgan fingerprint density at radius 1 is 0.156 bits per heavy atom. The van der Waals surface area contributed by atoms with Gasteiger partial charge in [-0.2, -0.15) is 0 Å². The molecule has 0 heterocycles. The van der Waals surface area contributed by atoms with Crippen LogP contribution < -0.4 is 0 Å². The highest BCUT2D eigenvalue weighted by atomic mass is 14.1. The van der Waals surface area contributed by atoms with Gasteiger partial charge in [0.15, 0.2) is 0 Å². The molecule has 0 aliphatic heterocycles. The second kappa shape index (κ2) is 63.8. The van der Waals surface area contributed by atoms with Crippen LogP contribution in [0.4, 0.5) is 0 Å². The summed E-state index contributed by atoms with van der Waals surface area (Å²) >= 11 is 0. The summed E-state index contributed by atoms with van der Waals surface area (Å²) in [5, 5.41) is 15.7. The molecule has 13 aromatic rings. The zero-order valence-electron chi connectivity index (χ0n) is 64.8. The van der Waals surface area contributed by atoms with Crippen molar-refractivity contribution in [1.29, 1.82) is 0 Å². The predicted octanol–water partition coefficient (Wildman–Crippen LogP) is 32.5. The van der Waals surface area contributed by atoms with Crippen LogP contribution in [0.3, 0.4) is 0 Å². The first kappa shape index (κ1) is 91.6. The van der Waals surface area contributed by atoms with Gasteiger partial charge >= 0.3 is 0 Å². The van der Waals surface area contributed by atoms with Crippen LogP contribution in [0.5, 0.6) is 0 Å². The maximum atomic E-state index is 2.36. The van der Waals surface area contributed by atoms with Gasteiger partial charge in [0.05, 0.1) is 0 Å². The summed E-state index contributed by atoms with van der Waals surface area (Å²) in [5.41, 5.74) is 4.43. The lowest BCUT2D eigenvalue weighted by atomic mass is 9.90. The Kier molecular flexibility index (Phi) is 60.9. The van der Waals surface area contributed by atoms with E-state index in [2.05, 4.69) is 392 Å². The normalized spacial score (nSPS) is 9.03. The molecule has 0 unspecified atom stereocenters. The molecule has 0 fully saturated rings. The van der Waals surface area contributed by atoms with E-state index in [9.17, 15) is 0 Å². The van der Waals surface area contributed by atoms with Crippen molar-refractivity contribution in [2.45, 2.75) is 203 Å². The van der Waals surface area contributed by atoms with Gasteiger partial charge < -0.3 is 0 Å². The highest BCUT2D eigenvalue weighted by Gasteiger charge is 2.09. The highest BCUT2D eigenvalue weighted by Crippen LogP contribution is 2.27. The standard InChI is InChI=1S/C15H24.6C10H8.3C3H8.6C2H6/c1-10(2)13-7-14(11(3)4)9-15(8-13)12(5)6;6*1-2-6-10-8-4-3-7-9(10)5-1;3*1-3-2;6*1-2/h7-12H,1-6H3;6*1-8H;3*3H2,1-2H3;6*1-2H3. The third-order valence-corrected chi connectivity index (χ3v) is 13.0. The Morgan fingerprint density at radius 3 is 0.271 bits per heavy atom. The van der Waals surface area contributed by atoms with Gasteiger partial charge in [-0.3, -0.25) is 0 Å². The Bertz CT molecular complexity index is 2770. The van der Waals surface area contributed by atoms with Crippen LogP contribution in [0.2, 0.25) is 0 Å². The highest BCUT2D eigenvalue weighted by molar-refractivity contribution is 5.85. The van der Waals surface area contributed by atoms with E-state index in [1.165, 1.54) is 101 Å². The maximum absolute atomic E-state index is 2.36. The van der Waals surface area contributed by atoms with Crippen molar-refractivity contribution >= 4 is 64.6 Å². The maximum Gasteiger partial charge on any atom is -0.0184 e. The molecule has 0 aromatic heterocycles.